The van der Waals surface area contributed by atoms with Crippen LogP contribution in [0.1, 0.15) is 54.9 Å². The van der Waals surface area contributed by atoms with E-state index in [2.05, 4.69) is 15.3 Å². The number of amides is 1. The zero-order chi connectivity index (χ0) is 22.1. The highest BCUT2D eigenvalue weighted by Crippen LogP contribution is 2.29. The number of aryl methyl sites for hydroxylation is 1. The van der Waals surface area contributed by atoms with Gasteiger partial charge in [0, 0.05) is 34.1 Å². The van der Waals surface area contributed by atoms with E-state index in [4.69, 9.17) is 4.74 Å². The maximum atomic E-state index is 12.8. The van der Waals surface area contributed by atoms with Crippen LogP contribution < -0.4 is 5.32 Å². The first-order valence-corrected chi connectivity index (χ1v) is 9.48. The molecular formula is C23H17N3O5. The Morgan fingerprint density at radius 3 is 2.19 bits per heavy atom. The normalized spacial score (nSPS) is 13.1. The Hall–Kier alpha value is -4.20. The topological polar surface area (TPSA) is 115 Å². The van der Waals surface area contributed by atoms with Crippen LogP contribution in [0.3, 0.4) is 0 Å². The predicted molar refractivity (Wildman–Crippen MR) is 110 cm³/mol. The molecular weight excluding hydrogens is 398 g/mol. The Labute approximate surface area is 177 Å². The molecule has 31 heavy (non-hydrogen) atoms. The summed E-state index contributed by atoms with van der Waals surface area (Å²) >= 11 is 0. The van der Waals surface area contributed by atoms with E-state index in [9.17, 15) is 19.2 Å². The highest BCUT2D eigenvalue weighted by Gasteiger charge is 2.29. The van der Waals surface area contributed by atoms with Gasteiger partial charge in [-0.3, -0.25) is 19.4 Å². The average Bonchev–Trinajstić information content (AvgIpc) is 2.77. The third kappa shape index (κ3) is 3.83. The van der Waals surface area contributed by atoms with Gasteiger partial charge in [-0.2, -0.15) is 0 Å². The van der Waals surface area contributed by atoms with E-state index in [0.717, 1.165) is 0 Å². The number of hydrogen-bond donors (Lipinski definition) is 1. The first kappa shape index (κ1) is 20.1. The van der Waals surface area contributed by atoms with Crippen molar-refractivity contribution in [2.45, 2.75) is 20.0 Å². The number of nitrogens with zero attached hydrogens (tertiary/aromatic N) is 2. The van der Waals surface area contributed by atoms with Crippen molar-refractivity contribution in [3.63, 3.8) is 0 Å². The second-order valence-corrected chi connectivity index (χ2v) is 7.04. The number of ether oxygens (including phenoxy) is 1. The van der Waals surface area contributed by atoms with Crippen molar-refractivity contribution in [1.29, 1.82) is 0 Å². The number of fused-ring (bicyclic) bond motifs is 2. The van der Waals surface area contributed by atoms with Crippen LogP contribution >= 0.6 is 0 Å². The monoisotopic (exact) mass is 415 g/mol. The first-order chi connectivity index (χ1) is 14.8. The van der Waals surface area contributed by atoms with Crippen molar-refractivity contribution < 1.29 is 23.9 Å². The third-order valence-corrected chi connectivity index (χ3v) is 4.84. The molecule has 8 nitrogen and oxygen atoms in total. The van der Waals surface area contributed by atoms with E-state index >= 15 is 0 Å². The van der Waals surface area contributed by atoms with Crippen molar-refractivity contribution >= 4 is 29.1 Å². The maximum Gasteiger partial charge on any atom is 0.359 e. The molecule has 0 bridgehead atoms. The molecule has 1 N–H and O–H groups in total. The zero-order valence-electron chi connectivity index (χ0n) is 16.7. The summed E-state index contributed by atoms with van der Waals surface area (Å²) in [6, 6.07) is 11.1. The Morgan fingerprint density at radius 2 is 1.55 bits per heavy atom. The molecule has 1 unspecified atom stereocenters. The summed E-state index contributed by atoms with van der Waals surface area (Å²) < 4.78 is 5.13. The van der Waals surface area contributed by atoms with Crippen LogP contribution in [-0.2, 0) is 9.53 Å². The lowest BCUT2D eigenvalue weighted by molar-refractivity contribution is -0.123. The van der Waals surface area contributed by atoms with Gasteiger partial charge in [0.15, 0.2) is 23.4 Å². The van der Waals surface area contributed by atoms with Crippen LogP contribution in [0.4, 0.5) is 5.69 Å². The Balaban J connectivity index is 1.49. The number of benzene rings is 2. The van der Waals surface area contributed by atoms with Gasteiger partial charge in [-0.15, -0.1) is 0 Å². The summed E-state index contributed by atoms with van der Waals surface area (Å²) in [4.78, 5) is 57.9. The number of hydrogen-bond acceptors (Lipinski definition) is 7. The van der Waals surface area contributed by atoms with Gasteiger partial charge in [0.2, 0.25) is 0 Å². The first-order valence-electron chi connectivity index (χ1n) is 9.48. The quantitative estimate of drug-likeness (QED) is 0.510. The predicted octanol–water partition coefficient (Wildman–Crippen LogP) is 2.74. The van der Waals surface area contributed by atoms with E-state index in [1.54, 1.807) is 31.2 Å². The molecule has 0 spiro atoms. The summed E-state index contributed by atoms with van der Waals surface area (Å²) in [5.74, 6) is -1.91. The van der Waals surface area contributed by atoms with Gasteiger partial charge < -0.3 is 10.1 Å². The van der Waals surface area contributed by atoms with Gasteiger partial charge in [0.25, 0.3) is 5.91 Å². The van der Waals surface area contributed by atoms with Gasteiger partial charge in [-0.1, -0.05) is 24.3 Å². The molecule has 1 amide bonds. The van der Waals surface area contributed by atoms with Crippen molar-refractivity contribution in [2.24, 2.45) is 0 Å². The van der Waals surface area contributed by atoms with Crippen molar-refractivity contribution in [1.82, 2.24) is 9.97 Å². The SMILES string of the molecule is Cc1cnc(C(=O)OC(C)C(=O)Nc2ccc3c(c2)C(=O)c2ccccc2C3=O)cn1. The van der Waals surface area contributed by atoms with E-state index in [-0.39, 0.29) is 28.4 Å². The van der Waals surface area contributed by atoms with Gasteiger partial charge in [0.05, 0.1) is 11.9 Å². The fourth-order valence-corrected chi connectivity index (χ4v) is 3.19. The van der Waals surface area contributed by atoms with Crippen LogP contribution in [0.15, 0.2) is 54.9 Å². The molecule has 1 heterocycles. The molecule has 0 saturated carbocycles. The lowest BCUT2D eigenvalue weighted by Crippen LogP contribution is -2.30. The van der Waals surface area contributed by atoms with Crippen molar-refractivity contribution in [3.05, 3.63) is 88.5 Å². The average molecular weight is 415 g/mol. The van der Waals surface area contributed by atoms with Crippen LogP contribution in [0.2, 0.25) is 0 Å². The minimum atomic E-state index is -1.12. The summed E-state index contributed by atoms with van der Waals surface area (Å²) in [6.45, 7) is 3.14. The van der Waals surface area contributed by atoms with Gasteiger partial charge in [-0.25, -0.2) is 9.78 Å². The minimum Gasteiger partial charge on any atom is -0.448 e. The fraction of sp³-hybridized carbons (Fsp3) is 0.130. The van der Waals surface area contributed by atoms with E-state index in [0.29, 0.717) is 22.5 Å². The Kier molecular flexibility index (Phi) is 5.12. The molecule has 2 aromatic carbocycles. The van der Waals surface area contributed by atoms with Crippen molar-refractivity contribution in [3.8, 4) is 0 Å². The second kappa shape index (κ2) is 7.91. The minimum absolute atomic E-state index is 0.0122. The highest BCUT2D eigenvalue weighted by atomic mass is 16.5. The largest absolute Gasteiger partial charge is 0.448 e. The molecule has 1 atom stereocenters. The number of rotatable bonds is 4. The van der Waals surface area contributed by atoms with E-state index in [1.807, 2.05) is 0 Å². The molecule has 1 aromatic heterocycles. The van der Waals surface area contributed by atoms with Crippen LogP contribution in [0.25, 0.3) is 0 Å². The van der Waals surface area contributed by atoms with Crippen LogP contribution in [0.5, 0.6) is 0 Å². The number of anilines is 1. The number of carbonyl (C=O) groups is 4. The van der Waals surface area contributed by atoms with Gasteiger partial charge in [-0.05, 0) is 32.0 Å². The summed E-state index contributed by atoms with van der Waals surface area (Å²) in [6.07, 6.45) is 1.57. The Bertz CT molecular complexity index is 1230. The lowest BCUT2D eigenvalue weighted by atomic mass is 9.84. The molecule has 1 aliphatic rings. The van der Waals surface area contributed by atoms with Gasteiger partial charge in [0.1, 0.15) is 0 Å². The summed E-state index contributed by atoms with van der Waals surface area (Å²) in [7, 11) is 0. The third-order valence-electron chi connectivity index (χ3n) is 4.84. The number of nitrogens with one attached hydrogen (secondary N) is 1. The maximum absolute atomic E-state index is 12.8. The second-order valence-electron chi connectivity index (χ2n) is 7.04. The van der Waals surface area contributed by atoms with Crippen LogP contribution in [0, 0.1) is 6.92 Å². The summed E-state index contributed by atoms with van der Waals surface area (Å²) in [5.41, 5.74) is 2.11. The van der Waals surface area contributed by atoms with E-state index < -0.39 is 18.0 Å². The number of aromatic nitrogens is 2. The molecule has 154 valence electrons. The standard InChI is InChI=1S/C23H17N3O5/c1-12-10-25-19(11-24-12)23(30)31-13(2)22(29)26-14-7-8-17-18(9-14)21(28)16-6-4-3-5-15(16)20(17)27/h3-11,13H,1-2H3,(H,26,29). The fourth-order valence-electron chi connectivity index (χ4n) is 3.19. The summed E-state index contributed by atoms with van der Waals surface area (Å²) in [5, 5.41) is 2.60. The molecule has 4 rings (SSSR count). The van der Waals surface area contributed by atoms with E-state index in [1.165, 1.54) is 37.5 Å². The highest BCUT2D eigenvalue weighted by molar-refractivity contribution is 6.28. The molecule has 3 aromatic rings. The Morgan fingerprint density at radius 1 is 0.903 bits per heavy atom. The lowest BCUT2D eigenvalue weighted by Gasteiger charge is -2.19. The number of carbonyl (C=O) groups excluding carboxylic acids is 4. The van der Waals surface area contributed by atoms with Gasteiger partial charge >= 0.3 is 5.97 Å². The molecule has 8 heteroatoms. The molecule has 0 aliphatic heterocycles. The molecule has 0 fully saturated rings. The number of esters is 1. The number of ketones is 2. The zero-order valence-corrected chi connectivity index (χ0v) is 16.7. The molecule has 0 radical (unpaired) electrons. The molecule has 1 aliphatic carbocycles. The smallest absolute Gasteiger partial charge is 0.359 e. The molecule has 0 saturated heterocycles. The van der Waals surface area contributed by atoms with Crippen LogP contribution in [-0.4, -0.2) is 39.5 Å². The van der Waals surface area contributed by atoms with Crippen molar-refractivity contribution in [2.75, 3.05) is 5.32 Å².